The Hall–Kier alpha value is -2.77. The van der Waals surface area contributed by atoms with E-state index in [1.54, 1.807) is 0 Å². The summed E-state index contributed by atoms with van der Waals surface area (Å²) in [6.45, 7) is -0.820. The van der Waals surface area contributed by atoms with Gasteiger partial charge in [-0.2, -0.15) is 4.98 Å². The minimum Gasteiger partial charge on any atom is -0.394 e. The lowest BCUT2D eigenvalue weighted by molar-refractivity contribution is -0.125. The molecule has 3 saturated heterocycles. The Labute approximate surface area is 191 Å². The number of ether oxygens (including phenoxy) is 2. The SMILES string of the molecule is Nc1ncn([C@@H]2O[C@H](CO)[C@@H](O)[C@H]2O)c(=O)n1.O=C1CCN([C@@H]2O[C@H](CO)[C@@H](O)[C@H]2O)C(=O)N1. The highest BCUT2D eigenvalue weighted by atomic mass is 16.6. The Balaban J connectivity index is 0.000000191. The van der Waals surface area contributed by atoms with Crippen LogP contribution >= 0.6 is 0 Å². The molecule has 0 unspecified atom stereocenters. The lowest BCUT2D eigenvalue weighted by atomic mass is 10.1. The first-order valence-electron chi connectivity index (χ1n) is 10.1. The number of carbonyl (C=O) groups is 2. The van der Waals surface area contributed by atoms with Crippen LogP contribution in [0.25, 0.3) is 0 Å². The van der Waals surface area contributed by atoms with E-state index < -0.39 is 79.9 Å². The number of aliphatic hydroxyl groups excluding tert-OH is 6. The average molecular weight is 490 g/mol. The molecule has 190 valence electrons. The number of carbonyl (C=O) groups excluding carboxylic acids is 2. The molecule has 3 aliphatic heterocycles. The molecule has 0 saturated carbocycles. The van der Waals surface area contributed by atoms with Gasteiger partial charge in [0, 0.05) is 13.0 Å². The van der Waals surface area contributed by atoms with Crippen LogP contribution in [0.2, 0.25) is 0 Å². The number of nitrogen functional groups attached to an aromatic ring is 1. The summed E-state index contributed by atoms with van der Waals surface area (Å²) in [5.74, 6) is -0.587. The van der Waals surface area contributed by atoms with Gasteiger partial charge in [-0.25, -0.2) is 14.6 Å². The Bertz CT molecular complexity index is 947. The normalized spacial score (nSPS) is 35.6. The lowest BCUT2D eigenvalue weighted by Crippen LogP contribution is -2.56. The lowest BCUT2D eigenvalue weighted by Gasteiger charge is -2.32. The number of urea groups is 1. The van der Waals surface area contributed by atoms with Crippen molar-refractivity contribution in [3.8, 4) is 0 Å². The minimum absolute atomic E-state index is 0.108. The van der Waals surface area contributed by atoms with E-state index in [9.17, 15) is 34.8 Å². The third-order valence-corrected chi connectivity index (χ3v) is 5.45. The molecule has 1 aromatic rings. The van der Waals surface area contributed by atoms with Crippen LogP contribution < -0.4 is 16.7 Å². The fourth-order valence-corrected chi connectivity index (χ4v) is 3.60. The number of aromatic nitrogens is 3. The van der Waals surface area contributed by atoms with Gasteiger partial charge < -0.3 is 45.8 Å². The average Bonchev–Trinajstić information content (AvgIpc) is 3.24. The summed E-state index contributed by atoms with van der Waals surface area (Å²) in [7, 11) is 0. The summed E-state index contributed by atoms with van der Waals surface area (Å²) in [6, 6.07) is -0.670. The van der Waals surface area contributed by atoms with Gasteiger partial charge in [-0.1, -0.05) is 0 Å². The van der Waals surface area contributed by atoms with E-state index >= 15 is 0 Å². The van der Waals surface area contributed by atoms with Gasteiger partial charge in [-0.3, -0.25) is 19.6 Å². The topological polar surface area (TPSA) is 263 Å². The van der Waals surface area contributed by atoms with E-state index in [1.807, 2.05) is 0 Å². The molecule has 0 bridgehead atoms. The van der Waals surface area contributed by atoms with Crippen molar-refractivity contribution in [1.82, 2.24) is 24.8 Å². The monoisotopic (exact) mass is 490 g/mol. The Morgan fingerprint density at radius 3 is 2.03 bits per heavy atom. The maximum atomic E-state index is 11.5. The van der Waals surface area contributed by atoms with E-state index in [2.05, 4.69) is 15.3 Å². The van der Waals surface area contributed by atoms with Crippen molar-refractivity contribution in [2.45, 2.75) is 55.5 Å². The van der Waals surface area contributed by atoms with Crippen molar-refractivity contribution in [3.05, 3.63) is 16.8 Å². The van der Waals surface area contributed by atoms with Gasteiger partial charge in [0.25, 0.3) is 0 Å². The van der Waals surface area contributed by atoms with Gasteiger partial charge >= 0.3 is 11.7 Å². The summed E-state index contributed by atoms with van der Waals surface area (Å²) in [4.78, 5) is 42.0. The van der Waals surface area contributed by atoms with Crippen LogP contribution in [-0.2, 0) is 14.3 Å². The van der Waals surface area contributed by atoms with Crippen LogP contribution in [0.1, 0.15) is 12.6 Å². The van der Waals surface area contributed by atoms with E-state index in [0.29, 0.717) is 0 Å². The van der Waals surface area contributed by atoms with Gasteiger partial charge in [0.2, 0.25) is 11.9 Å². The fraction of sp³-hybridized carbons (Fsp3) is 0.706. The van der Waals surface area contributed by atoms with Gasteiger partial charge in [-0.05, 0) is 0 Å². The molecule has 3 amide bonds. The van der Waals surface area contributed by atoms with E-state index in [-0.39, 0.29) is 18.9 Å². The Morgan fingerprint density at radius 2 is 1.53 bits per heavy atom. The number of nitrogens with two attached hydrogens (primary N) is 1. The summed E-state index contributed by atoms with van der Waals surface area (Å²) in [5, 5.41) is 58.3. The quantitative estimate of drug-likeness (QED) is 0.195. The molecule has 4 heterocycles. The maximum Gasteiger partial charge on any atom is 0.354 e. The van der Waals surface area contributed by atoms with Crippen LogP contribution in [0.15, 0.2) is 11.1 Å². The van der Waals surface area contributed by atoms with Crippen molar-refractivity contribution in [2.75, 3.05) is 25.5 Å². The summed E-state index contributed by atoms with van der Waals surface area (Å²) >= 11 is 0. The van der Waals surface area contributed by atoms with Crippen LogP contribution in [0.4, 0.5) is 10.7 Å². The van der Waals surface area contributed by atoms with Crippen molar-refractivity contribution in [1.29, 1.82) is 0 Å². The first-order chi connectivity index (χ1) is 16.1. The highest BCUT2D eigenvalue weighted by Crippen LogP contribution is 2.28. The number of rotatable bonds is 4. The Morgan fingerprint density at radius 1 is 0.971 bits per heavy atom. The highest BCUT2D eigenvalue weighted by Gasteiger charge is 2.47. The van der Waals surface area contributed by atoms with E-state index in [0.717, 1.165) is 15.8 Å². The van der Waals surface area contributed by atoms with Crippen molar-refractivity contribution in [3.63, 3.8) is 0 Å². The number of nitrogens with one attached hydrogen (secondary N) is 1. The zero-order chi connectivity index (χ0) is 25.2. The molecule has 3 fully saturated rings. The number of hydrogen-bond donors (Lipinski definition) is 8. The number of anilines is 1. The second-order valence-electron chi connectivity index (χ2n) is 7.66. The zero-order valence-electron chi connectivity index (χ0n) is 17.6. The fourth-order valence-electron chi connectivity index (χ4n) is 3.60. The zero-order valence-corrected chi connectivity index (χ0v) is 17.6. The van der Waals surface area contributed by atoms with Gasteiger partial charge in [0.1, 0.15) is 43.0 Å². The molecule has 8 atom stereocenters. The van der Waals surface area contributed by atoms with Gasteiger partial charge in [0.05, 0.1) is 13.2 Å². The molecule has 34 heavy (non-hydrogen) atoms. The number of imide groups is 1. The highest BCUT2D eigenvalue weighted by molar-refractivity contribution is 5.96. The van der Waals surface area contributed by atoms with E-state index in [4.69, 9.17) is 25.4 Å². The van der Waals surface area contributed by atoms with Gasteiger partial charge in [-0.15, -0.1) is 0 Å². The summed E-state index contributed by atoms with van der Waals surface area (Å²) < 4.78 is 11.2. The largest absolute Gasteiger partial charge is 0.394 e. The predicted molar refractivity (Wildman–Crippen MR) is 106 cm³/mol. The molecular weight excluding hydrogens is 464 g/mol. The number of amides is 3. The third-order valence-electron chi connectivity index (χ3n) is 5.45. The molecule has 0 aromatic carbocycles. The minimum atomic E-state index is -1.35. The van der Waals surface area contributed by atoms with Gasteiger partial charge in [0.15, 0.2) is 12.5 Å². The third kappa shape index (κ3) is 5.15. The van der Waals surface area contributed by atoms with Crippen LogP contribution in [-0.4, -0.2) is 125 Å². The Kier molecular flexibility index (Phi) is 8.10. The summed E-state index contributed by atoms with van der Waals surface area (Å²) in [5.41, 5.74) is 4.46. The predicted octanol–water partition coefficient (Wildman–Crippen LogP) is -5.80. The van der Waals surface area contributed by atoms with Crippen LogP contribution in [0.3, 0.4) is 0 Å². The molecule has 17 heteroatoms. The van der Waals surface area contributed by atoms with Crippen molar-refractivity contribution >= 4 is 17.9 Å². The molecule has 0 spiro atoms. The summed E-state index contributed by atoms with van der Waals surface area (Å²) in [6.07, 6.45) is -8.10. The molecule has 9 N–H and O–H groups in total. The first-order valence-corrected chi connectivity index (χ1v) is 10.1. The van der Waals surface area contributed by atoms with Crippen molar-refractivity contribution < 1.29 is 49.7 Å². The van der Waals surface area contributed by atoms with Crippen molar-refractivity contribution in [2.24, 2.45) is 0 Å². The molecular formula is C17H26N6O11. The van der Waals surface area contributed by atoms with Crippen LogP contribution in [0, 0.1) is 0 Å². The molecule has 0 aliphatic carbocycles. The van der Waals surface area contributed by atoms with Crippen LogP contribution in [0.5, 0.6) is 0 Å². The standard InChI is InChI=1S/C9H14N2O6.C8H12N4O5/c12-3-4-6(14)7(15)8(17-4)11-2-1-5(13)10-9(11)16;9-7-10-2-12(8(16)11-7)6-5(15)4(14)3(1-13)17-6/h4,6-8,12,14-15H,1-3H2,(H,10,13,16);2-6,13-15H,1H2,(H2,9,11,16)/t4-,6-,7-,8-;3-,4-,5-,6-/m11/s1. The number of nitrogens with zero attached hydrogens (tertiary/aromatic N) is 4. The molecule has 17 nitrogen and oxygen atoms in total. The first kappa shape index (κ1) is 25.8. The number of hydrogen-bond acceptors (Lipinski definition) is 14. The molecule has 3 aliphatic rings. The second kappa shape index (κ2) is 10.7. The smallest absolute Gasteiger partial charge is 0.354 e. The molecule has 1 aromatic heterocycles. The molecule has 4 rings (SSSR count). The maximum absolute atomic E-state index is 11.5. The second-order valence-corrected chi connectivity index (χ2v) is 7.66. The molecule has 0 radical (unpaired) electrons. The van der Waals surface area contributed by atoms with E-state index in [1.165, 1.54) is 0 Å². The number of aliphatic hydroxyl groups is 6.